The van der Waals surface area contributed by atoms with Crippen LogP contribution >= 0.6 is 0 Å². The van der Waals surface area contributed by atoms with Crippen molar-refractivity contribution in [3.8, 4) is 0 Å². The summed E-state index contributed by atoms with van der Waals surface area (Å²) in [6.45, 7) is 4.98. The second-order valence-corrected chi connectivity index (χ2v) is 8.05. The van der Waals surface area contributed by atoms with E-state index in [0.717, 1.165) is 29.5 Å². The van der Waals surface area contributed by atoms with E-state index in [4.69, 9.17) is 4.74 Å². The van der Waals surface area contributed by atoms with E-state index in [2.05, 4.69) is 86.6 Å². The van der Waals surface area contributed by atoms with E-state index in [1.807, 2.05) is 18.2 Å². The SMILES string of the molecule is CC(C)(CO)CCCOC(c1ccccc1)(c1ccccc1)c1ccccc1. The van der Waals surface area contributed by atoms with Crippen LogP contribution in [0.15, 0.2) is 91.0 Å². The van der Waals surface area contributed by atoms with E-state index >= 15 is 0 Å². The smallest absolute Gasteiger partial charge is 0.143 e. The maximum Gasteiger partial charge on any atom is 0.143 e. The van der Waals surface area contributed by atoms with Crippen molar-refractivity contribution in [2.75, 3.05) is 13.2 Å². The zero-order chi connectivity index (χ0) is 19.9. The lowest BCUT2D eigenvalue weighted by Gasteiger charge is -2.36. The molecular weight excluding hydrogens is 344 g/mol. The molecule has 0 fully saturated rings. The van der Waals surface area contributed by atoms with E-state index in [-0.39, 0.29) is 12.0 Å². The van der Waals surface area contributed by atoms with Gasteiger partial charge in [-0.05, 0) is 34.9 Å². The predicted octanol–water partition coefficient (Wildman–Crippen LogP) is 5.79. The maximum atomic E-state index is 9.55. The van der Waals surface area contributed by atoms with Crippen molar-refractivity contribution in [2.45, 2.75) is 32.3 Å². The average Bonchev–Trinajstić information content (AvgIpc) is 2.76. The van der Waals surface area contributed by atoms with Gasteiger partial charge in [-0.1, -0.05) is 105 Å². The van der Waals surface area contributed by atoms with Crippen LogP contribution in [0.2, 0.25) is 0 Å². The molecular formula is C26H30O2. The largest absolute Gasteiger partial charge is 0.396 e. The molecule has 0 radical (unpaired) electrons. The molecule has 0 saturated carbocycles. The summed E-state index contributed by atoms with van der Waals surface area (Å²) >= 11 is 0. The van der Waals surface area contributed by atoms with Crippen molar-refractivity contribution in [3.63, 3.8) is 0 Å². The lowest BCUT2D eigenvalue weighted by Crippen LogP contribution is -2.33. The molecule has 0 saturated heterocycles. The minimum atomic E-state index is -0.660. The Morgan fingerprint density at radius 1 is 0.679 bits per heavy atom. The van der Waals surface area contributed by atoms with Gasteiger partial charge in [0.15, 0.2) is 0 Å². The standard InChI is InChI=1S/C26H30O2/c1-25(2,21-27)19-12-20-28-26(22-13-6-3-7-14-22,23-15-8-4-9-16-23)24-17-10-5-11-18-24/h3-11,13-18,27H,12,19-21H2,1-2H3. The van der Waals surface area contributed by atoms with E-state index in [1.54, 1.807) is 0 Å². The van der Waals surface area contributed by atoms with Crippen LogP contribution in [0, 0.1) is 5.41 Å². The second-order valence-electron chi connectivity index (χ2n) is 8.05. The molecule has 1 N–H and O–H groups in total. The molecule has 3 rings (SSSR count). The Labute approximate surface area is 168 Å². The summed E-state index contributed by atoms with van der Waals surface area (Å²) in [5.74, 6) is 0. The third-order valence-corrected chi connectivity index (χ3v) is 5.29. The van der Waals surface area contributed by atoms with Gasteiger partial charge in [0.05, 0.1) is 0 Å². The summed E-state index contributed by atoms with van der Waals surface area (Å²) in [6.07, 6.45) is 1.81. The van der Waals surface area contributed by atoms with Crippen molar-refractivity contribution < 1.29 is 9.84 Å². The van der Waals surface area contributed by atoms with Gasteiger partial charge in [0.2, 0.25) is 0 Å². The first-order valence-corrected chi connectivity index (χ1v) is 10.00. The first-order valence-electron chi connectivity index (χ1n) is 10.00. The van der Waals surface area contributed by atoms with Gasteiger partial charge in [0.1, 0.15) is 5.60 Å². The molecule has 0 atom stereocenters. The Balaban J connectivity index is 2.02. The van der Waals surface area contributed by atoms with Gasteiger partial charge >= 0.3 is 0 Å². The highest BCUT2D eigenvalue weighted by Gasteiger charge is 2.37. The molecule has 2 nitrogen and oxygen atoms in total. The quantitative estimate of drug-likeness (QED) is 0.379. The molecule has 3 aromatic rings. The molecule has 0 spiro atoms. The van der Waals surface area contributed by atoms with Crippen LogP contribution < -0.4 is 0 Å². The fourth-order valence-corrected chi connectivity index (χ4v) is 3.62. The topological polar surface area (TPSA) is 29.5 Å². The highest BCUT2D eigenvalue weighted by Crippen LogP contribution is 2.40. The number of rotatable bonds is 9. The summed E-state index contributed by atoms with van der Waals surface area (Å²) in [5.41, 5.74) is 2.61. The van der Waals surface area contributed by atoms with Crippen molar-refractivity contribution in [1.29, 1.82) is 0 Å². The third-order valence-electron chi connectivity index (χ3n) is 5.29. The molecule has 0 aromatic heterocycles. The predicted molar refractivity (Wildman–Crippen MR) is 115 cm³/mol. The van der Waals surface area contributed by atoms with Crippen LogP contribution in [0.25, 0.3) is 0 Å². The summed E-state index contributed by atoms with van der Waals surface area (Å²) in [7, 11) is 0. The second kappa shape index (κ2) is 9.18. The fourth-order valence-electron chi connectivity index (χ4n) is 3.62. The van der Waals surface area contributed by atoms with Gasteiger partial charge in [-0.15, -0.1) is 0 Å². The van der Waals surface area contributed by atoms with Crippen LogP contribution in [0.1, 0.15) is 43.4 Å². The molecule has 28 heavy (non-hydrogen) atoms. The summed E-state index contributed by atoms with van der Waals surface area (Å²) in [6, 6.07) is 31.3. The summed E-state index contributed by atoms with van der Waals surface area (Å²) in [4.78, 5) is 0. The number of aliphatic hydroxyl groups is 1. The Morgan fingerprint density at radius 2 is 1.07 bits per heavy atom. The van der Waals surface area contributed by atoms with Crippen molar-refractivity contribution in [1.82, 2.24) is 0 Å². The zero-order valence-electron chi connectivity index (χ0n) is 16.8. The lowest BCUT2D eigenvalue weighted by molar-refractivity contribution is 0.00511. The van der Waals surface area contributed by atoms with Crippen LogP contribution in [0.5, 0.6) is 0 Å². The monoisotopic (exact) mass is 374 g/mol. The van der Waals surface area contributed by atoms with E-state index < -0.39 is 5.60 Å². The normalized spacial score (nSPS) is 12.1. The fraction of sp³-hybridized carbons (Fsp3) is 0.308. The zero-order valence-corrected chi connectivity index (χ0v) is 16.8. The van der Waals surface area contributed by atoms with E-state index in [0.29, 0.717) is 6.61 Å². The van der Waals surface area contributed by atoms with Crippen LogP contribution in [-0.4, -0.2) is 18.3 Å². The number of benzene rings is 3. The molecule has 0 heterocycles. The van der Waals surface area contributed by atoms with Gasteiger partial charge in [0.25, 0.3) is 0 Å². The first-order chi connectivity index (χ1) is 13.6. The minimum Gasteiger partial charge on any atom is -0.396 e. The van der Waals surface area contributed by atoms with Gasteiger partial charge in [-0.2, -0.15) is 0 Å². The van der Waals surface area contributed by atoms with Crippen molar-refractivity contribution >= 4 is 0 Å². The van der Waals surface area contributed by atoms with Gasteiger partial charge < -0.3 is 9.84 Å². The Kier molecular flexibility index (Phi) is 6.66. The van der Waals surface area contributed by atoms with Crippen LogP contribution in [0.3, 0.4) is 0 Å². The highest BCUT2D eigenvalue weighted by atomic mass is 16.5. The number of hydrogen-bond acceptors (Lipinski definition) is 2. The molecule has 3 aromatic carbocycles. The molecule has 0 aliphatic heterocycles. The molecule has 146 valence electrons. The Bertz CT molecular complexity index is 729. The van der Waals surface area contributed by atoms with Gasteiger partial charge in [-0.3, -0.25) is 0 Å². The van der Waals surface area contributed by atoms with Crippen molar-refractivity contribution in [3.05, 3.63) is 108 Å². The minimum absolute atomic E-state index is 0.0851. The number of hydrogen-bond donors (Lipinski definition) is 1. The van der Waals surface area contributed by atoms with Crippen LogP contribution in [0.4, 0.5) is 0 Å². The molecule has 0 unspecified atom stereocenters. The summed E-state index contributed by atoms with van der Waals surface area (Å²) in [5, 5.41) is 9.55. The van der Waals surface area contributed by atoms with E-state index in [1.165, 1.54) is 0 Å². The van der Waals surface area contributed by atoms with Crippen LogP contribution in [-0.2, 0) is 10.3 Å². The molecule has 2 heteroatoms. The maximum absolute atomic E-state index is 9.55. The molecule has 0 bridgehead atoms. The average molecular weight is 375 g/mol. The lowest BCUT2D eigenvalue weighted by atomic mass is 9.80. The molecule has 0 amide bonds. The van der Waals surface area contributed by atoms with E-state index in [9.17, 15) is 5.11 Å². The number of ether oxygens (including phenoxy) is 1. The van der Waals surface area contributed by atoms with Crippen molar-refractivity contribution in [2.24, 2.45) is 5.41 Å². The first kappa shape index (κ1) is 20.3. The number of aliphatic hydroxyl groups excluding tert-OH is 1. The molecule has 0 aliphatic carbocycles. The van der Waals surface area contributed by atoms with Gasteiger partial charge in [0, 0.05) is 13.2 Å². The Hall–Kier alpha value is -2.42. The van der Waals surface area contributed by atoms with Gasteiger partial charge in [-0.25, -0.2) is 0 Å². The Morgan fingerprint density at radius 3 is 1.43 bits per heavy atom. The third kappa shape index (κ3) is 4.52. The molecule has 0 aliphatic rings. The highest BCUT2D eigenvalue weighted by molar-refractivity contribution is 5.47. The summed E-state index contributed by atoms with van der Waals surface area (Å²) < 4.78 is 6.75.